The van der Waals surface area contributed by atoms with E-state index in [1.165, 1.54) is 0 Å². The smallest absolute Gasteiger partial charge is 0.210 e. The quantitative estimate of drug-likeness (QED) is 0.738. The summed E-state index contributed by atoms with van der Waals surface area (Å²) in [4.78, 5) is 4.35. The zero-order valence-electron chi connectivity index (χ0n) is 12.1. The third-order valence-electron chi connectivity index (χ3n) is 3.31. The summed E-state index contributed by atoms with van der Waals surface area (Å²) >= 11 is 0. The van der Waals surface area contributed by atoms with Crippen LogP contribution in [-0.2, 0) is 15.6 Å². The van der Waals surface area contributed by atoms with Crippen molar-refractivity contribution in [3.05, 3.63) is 72.2 Å². The third kappa shape index (κ3) is 3.09. The highest BCUT2D eigenvalue weighted by Gasteiger charge is 2.19. The molecule has 2 aromatic carbocycles. The standard InChI is InChI=1S/C17H15NO3S/c1-13-7-9-15(10-8-13)22(19,20)12-17-18-11-16(21-17)14-5-3-2-4-6-14/h2-11H,12H2,1H3. The van der Waals surface area contributed by atoms with Crippen LogP contribution in [0.4, 0.5) is 0 Å². The predicted molar refractivity (Wildman–Crippen MR) is 84.0 cm³/mol. The lowest BCUT2D eigenvalue weighted by Crippen LogP contribution is -2.05. The van der Waals surface area contributed by atoms with Gasteiger partial charge in [0.25, 0.3) is 0 Å². The Morgan fingerprint density at radius 3 is 2.36 bits per heavy atom. The summed E-state index contributed by atoms with van der Waals surface area (Å²) < 4.78 is 30.3. The first kappa shape index (κ1) is 14.5. The number of oxazole rings is 1. The van der Waals surface area contributed by atoms with Crippen molar-refractivity contribution < 1.29 is 12.8 Å². The van der Waals surface area contributed by atoms with Gasteiger partial charge in [-0.2, -0.15) is 0 Å². The molecule has 0 spiro atoms. The van der Waals surface area contributed by atoms with Crippen LogP contribution in [-0.4, -0.2) is 13.4 Å². The number of aryl methyl sites for hydroxylation is 1. The Morgan fingerprint density at radius 2 is 1.68 bits per heavy atom. The first-order chi connectivity index (χ1) is 10.5. The molecule has 3 aromatic rings. The lowest BCUT2D eigenvalue weighted by Gasteiger charge is -2.02. The van der Waals surface area contributed by atoms with Gasteiger partial charge < -0.3 is 4.42 Å². The molecule has 1 heterocycles. The minimum Gasteiger partial charge on any atom is -0.440 e. The van der Waals surface area contributed by atoms with Crippen LogP contribution in [0.2, 0.25) is 0 Å². The molecule has 0 aliphatic heterocycles. The molecule has 0 saturated carbocycles. The molecular formula is C17H15NO3S. The summed E-state index contributed by atoms with van der Waals surface area (Å²) in [6, 6.07) is 16.2. The summed E-state index contributed by atoms with van der Waals surface area (Å²) in [6.07, 6.45) is 1.55. The molecule has 0 aliphatic carbocycles. The van der Waals surface area contributed by atoms with Crippen molar-refractivity contribution >= 4 is 9.84 Å². The van der Waals surface area contributed by atoms with Crippen molar-refractivity contribution in [2.24, 2.45) is 0 Å². The van der Waals surface area contributed by atoms with Gasteiger partial charge in [0.15, 0.2) is 15.6 Å². The van der Waals surface area contributed by atoms with Gasteiger partial charge in [-0.25, -0.2) is 13.4 Å². The molecule has 4 nitrogen and oxygen atoms in total. The topological polar surface area (TPSA) is 60.2 Å². The van der Waals surface area contributed by atoms with Crippen LogP contribution >= 0.6 is 0 Å². The van der Waals surface area contributed by atoms with E-state index in [1.807, 2.05) is 37.3 Å². The van der Waals surface area contributed by atoms with Crippen molar-refractivity contribution in [3.8, 4) is 11.3 Å². The van der Waals surface area contributed by atoms with Crippen LogP contribution in [0.25, 0.3) is 11.3 Å². The molecule has 3 rings (SSSR count). The average molecular weight is 313 g/mol. The summed E-state index contributed by atoms with van der Waals surface area (Å²) in [7, 11) is -3.46. The second-order valence-corrected chi connectivity index (χ2v) is 7.05. The van der Waals surface area contributed by atoms with Gasteiger partial charge in [-0.05, 0) is 19.1 Å². The Hall–Kier alpha value is -2.40. The highest BCUT2D eigenvalue weighted by Crippen LogP contribution is 2.22. The molecule has 0 amide bonds. The average Bonchev–Trinajstić information content (AvgIpc) is 2.96. The lowest BCUT2D eigenvalue weighted by atomic mass is 10.2. The van der Waals surface area contributed by atoms with Crippen molar-refractivity contribution in [2.75, 3.05) is 0 Å². The van der Waals surface area contributed by atoms with Gasteiger partial charge >= 0.3 is 0 Å². The minimum atomic E-state index is -3.46. The van der Waals surface area contributed by atoms with Crippen LogP contribution in [0.3, 0.4) is 0 Å². The molecule has 0 aliphatic rings. The van der Waals surface area contributed by atoms with E-state index in [1.54, 1.807) is 30.5 Å². The molecule has 0 atom stereocenters. The number of hydrogen-bond donors (Lipinski definition) is 0. The Bertz CT molecular complexity index is 866. The summed E-state index contributed by atoms with van der Waals surface area (Å²) in [5, 5.41) is 0. The number of sulfone groups is 1. The normalized spacial score (nSPS) is 11.5. The number of aromatic nitrogens is 1. The van der Waals surface area contributed by atoms with Gasteiger partial charge in [0.2, 0.25) is 5.89 Å². The second-order valence-electron chi connectivity index (χ2n) is 5.06. The maximum atomic E-state index is 12.4. The van der Waals surface area contributed by atoms with Crippen molar-refractivity contribution in [2.45, 2.75) is 17.6 Å². The number of rotatable bonds is 4. The van der Waals surface area contributed by atoms with E-state index in [0.717, 1.165) is 11.1 Å². The highest BCUT2D eigenvalue weighted by molar-refractivity contribution is 7.90. The number of hydrogen-bond acceptors (Lipinski definition) is 4. The maximum absolute atomic E-state index is 12.4. The fourth-order valence-corrected chi connectivity index (χ4v) is 3.28. The van der Waals surface area contributed by atoms with Gasteiger partial charge in [-0.1, -0.05) is 48.0 Å². The predicted octanol–water partition coefficient (Wildman–Crippen LogP) is 3.62. The molecule has 112 valence electrons. The van der Waals surface area contributed by atoms with Crippen LogP contribution < -0.4 is 0 Å². The number of benzene rings is 2. The zero-order chi connectivity index (χ0) is 15.6. The van der Waals surface area contributed by atoms with Gasteiger partial charge in [0, 0.05) is 5.56 Å². The van der Waals surface area contributed by atoms with E-state index in [2.05, 4.69) is 4.98 Å². The second kappa shape index (κ2) is 5.77. The first-order valence-electron chi connectivity index (χ1n) is 6.84. The van der Waals surface area contributed by atoms with Crippen molar-refractivity contribution in [1.82, 2.24) is 4.98 Å². The Balaban J connectivity index is 1.84. The third-order valence-corrected chi connectivity index (χ3v) is 4.92. The molecule has 22 heavy (non-hydrogen) atoms. The molecule has 0 radical (unpaired) electrons. The fraction of sp³-hybridized carbons (Fsp3) is 0.118. The Morgan fingerprint density at radius 1 is 1.00 bits per heavy atom. The summed E-state index contributed by atoms with van der Waals surface area (Å²) in [6.45, 7) is 1.91. The lowest BCUT2D eigenvalue weighted by molar-refractivity contribution is 0.519. The zero-order valence-corrected chi connectivity index (χ0v) is 12.9. The van der Waals surface area contributed by atoms with Gasteiger partial charge in [-0.15, -0.1) is 0 Å². The van der Waals surface area contributed by atoms with Crippen LogP contribution in [0.15, 0.2) is 70.1 Å². The van der Waals surface area contributed by atoms with E-state index >= 15 is 0 Å². The fourth-order valence-electron chi connectivity index (χ4n) is 2.10. The van der Waals surface area contributed by atoms with Gasteiger partial charge in [-0.3, -0.25) is 0 Å². The minimum absolute atomic E-state index is 0.194. The number of nitrogens with zero attached hydrogens (tertiary/aromatic N) is 1. The highest BCUT2D eigenvalue weighted by atomic mass is 32.2. The monoisotopic (exact) mass is 313 g/mol. The largest absolute Gasteiger partial charge is 0.440 e. The molecule has 0 bridgehead atoms. The van der Waals surface area contributed by atoms with E-state index in [0.29, 0.717) is 5.76 Å². The van der Waals surface area contributed by atoms with E-state index in [-0.39, 0.29) is 16.5 Å². The molecule has 5 heteroatoms. The van der Waals surface area contributed by atoms with E-state index in [4.69, 9.17) is 4.42 Å². The molecule has 0 unspecified atom stereocenters. The van der Waals surface area contributed by atoms with Crippen molar-refractivity contribution in [1.29, 1.82) is 0 Å². The molecule has 1 aromatic heterocycles. The van der Waals surface area contributed by atoms with Crippen LogP contribution in [0.1, 0.15) is 11.5 Å². The first-order valence-corrected chi connectivity index (χ1v) is 8.49. The molecule has 0 fully saturated rings. The Labute approximate surface area is 129 Å². The maximum Gasteiger partial charge on any atom is 0.210 e. The molecule has 0 saturated heterocycles. The van der Waals surface area contributed by atoms with Gasteiger partial charge in [0.1, 0.15) is 5.75 Å². The SMILES string of the molecule is Cc1ccc(S(=O)(=O)Cc2ncc(-c3ccccc3)o2)cc1. The van der Waals surface area contributed by atoms with Crippen LogP contribution in [0.5, 0.6) is 0 Å². The van der Waals surface area contributed by atoms with Crippen molar-refractivity contribution in [3.63, 3.8) is 0 Å². The summed E-state index contributed by atoms with van der Waals surface area (Å²) in [5.41, 5.74) is 1.88. The molecular weight excluding hydrogens is 298 g/mol. The van der Waals surface area contributed by atoms with E-state index < -0.39 is 9.84 Å². The summed E-state index contributed by atoms with van der Waals surface area (Å²) in [5.74, 6) is 0.511. The van der Waals surface area contributed by atoms with Gasteiger partial charge in [0.05, 0.1) is 11.1 Å². The van der Waals surface area contributed by atoms with E-state index in [9.17, 15) is 8.42 Å². The Kier molecular flexibility index (Phi) is 3.81. The molecule has 0 N–H and O–H groups in total. The van der Waals surface area contributed by atoms with Crippen LogP contribution in [0, 0.1) is 6.92 Å².